The van der Waals surface area contributed by atoms with Gasteiger partial charge in [0.1, 0.15) is 11.2 Å². The summed E-state index contributed by atoms with van der Waals surface area (Å²) in [4.78, 5) is 5.19. The van der Waals surface area contributed by atoms with Gasteiger partial charge < -0.3 is 18.7 Å². The van der Waals surface area contributed by atoms with E-state index in [0.29, 0.717) is 0 Å². The fourth-order valence-corrected chi connectivity index (χ4v) is 13.5. The number of fused-ring (bicyclic) bond motifs is 14. The molecule has 0 amide bonds. The highest BCUT2D eigenvalue weighted by molar-refractivity contribution is 6.94. The lowest BCUT2D eigenvalue weighted by Crippen LogP contribution is -2.60. The van der Waals surface area contributed by atoms with Crippen LogP contribution in [0.5, 0.6) is 0 Å². The van der Waals surface area contributed by atoms with E-state index in [9.17, 15) is 0 Å². The smallest absolute Gasteiger partial charge is 0.333 e. The van der Waals surface area contributed by atoms with Crippen LogP contribution >= 0.6 is 0 Å². The van der Waals surface area contributed by atoms with Gasteiger partial charge in [-0.2, -0.15) is 0 Å². The standard InChI is InChI=1S/C72H76BN3O/c1-67(2,3)43-21-28-47(29-22-43)74(48-30-23-44(24-31-48)68(4,5)6)50-34-35-51-59(40-50)76(49-32-25-45(26-33-49)69(7,8)9)73-56-39-46(70(10,11)12)27-36-57(56)75-58-42-55-54(71(13,14)37-38-72(55,15)16)41-53(58)63-65(75)64(73)61(51)62-52-19-17-18-20-60(52)77-66(62)63/h17-36,39-42H,37-38H2,1-16H3. The second kappa shape index (κ2) is 16.3. The fraction of sp³-hybridized carbons (Fsp3) is 0.333. The molecule has 388 valence electrons. The van der Waals surface area contributed by atoms with Crippen molar-refractivity contribution in [2.45, 2.75) is 156 Å². The van der Waals surface area contributed by atoms with Gasteiger partial charge in [0, 0.05) is 55.8 Å². The third-order valence-electron chi connectivity index (χ3n) is 18.3. The first kappa shape index (κ1) is 49.6. The first-order valence-corrected chi connectivity index (χ1v) is 28.4. The Balaban J connectivity index is 1.20. The van der Waals surface area contributed by atoms with Crippen LogP contribution in [0.4, 0.5) is 28.4 Å². The minimum atomic E-state index is -0.184. The summed E-state index contributed by atoms with van der Waals surface area (Å²) in [7, 11) is 0. The summed E-state index contributed by atoms with van der Waals surface area (Å²) >= 11 is 0. The minimum absolute atomic E-state index is 0.00786. The largest absolute Gasteiger partial charge is 0.455 e. The third kappa shape index (κ3) is 7.52. The van der Waals surface area contributed by atoms with Crippen LogP contribution in [0.1, 0.15) is 157 Å². The molecule has 77 heavy (non-hydrogen) atoms. The molecule has 4 nitrogen and oxygen atoms in total. The third-order valence-corrected chi connectivity index (χ3v) is 18.3. The van der Waals surface area contributed by atoms with E-state index in [2.05, 4.69) is 271 Å². The maximum absolute atomic E-state index is 7.38. The van der Waals surface area contributed by atoms with Crippen LogP contribution in [0, 0.1) is 0 Å². The first-order chi connectivity index (χ1) is 36.2. The van der Waals surface area contributed by atoms with Crippen LogP contribution < -0.4 is 20.6 Å². The monoisotopic (exact) mass is 1010 g/mol. The van der Waals surface area contributed by atoms with Crippen LogP contribution in [0.15, 0.2) is 150 Å². The Morgan fingerprint density at radius 3 is 1.58 bits per heavy atom. The van der Waals surface area contributed by atoms with Crippen molar-refractivity contribution in [2.75, 3.05) is 9.71 Å². The Labute approximate surface area is 458 Å². The van der Waals surface area contributed by atoms with Gasteiger partial charge in [0.05, 0.1) is 16.4 Å². The van der Waals surface area contributed by atoms with Crippen LogP contribution in [-0.2, 0) is 32.5 Å². The van der Waals surface area contributed by atoms with Crippen molar-refractivity contribution < 1.29 is 4.42 Å². The van der Waals surface area contributed by atoms with Gasteiger partial charge in [-0.3, -0.25) is 0 Å². The zero-order valence-electron chi connectivity index (χ0n) is 48.6. The van der Waals surface area contributed by atoms with Crippen molar-refractivity contribution in [1.29, 1.82) is 0 Å². The summed E-state index contributed by atoms with van der Waals surface area (Å²) in [5.41, 5.74) is 24.7. The van der Waals surface area contributed by atoms with E-state index in [1.54, 1.807) is 0 Å². The van der Waals surface area contributed by atoms with Gasteiger partial charge in [0.15, 0.2) is 0 Å². The molecular formula is C72H76BN3O. The number of benzene rings is 8. The molecule has 2 aromatic heterocycles. The average molecular weight is 1010 g/mol. The van der Waals surface area contributed by atoms with E-state index in [4.69, 9.17) is 4.42 Å². The summed E-state index contributed by atoms with van der Waals surface area (Å²) in [6.07, 6.45) is 2.30. The number of para-hydroxylation sites is 1. The van der Waals surface area contributed by atoms with Gasteiger partial charge in [0.25, 0.3) is 0 Å². The lowest BCUT2D eigenvalue weighted by molar-refractivity contribution is 0.332. The minimum Gasteiger partial charge on any atom is -0.455 e. The van der Waals surface area contributed by atoms with Crippen LogP contribution in [0.25, 0.3) is 60.6 Å². The predicted molar refractivity (Wildman–Crippen MR) is 332 cm³/mol. The lowest BCUT2D eigenvalue weighted by atomic mass is 9.43. The second-order valence-corrected chi connectivity index (χ2v) is 28.6. The Morgan fingerprint density at radius 1 is 0.494 bits per heavy atom. The topological polar surface area (TPSA) is 24.6 Å². The molecule has 0 atom stereocenters. The molecular weight excluding hydrogens is 934 g/mol. The zero-order chi connectivity index (χ0) is 54.3. The highest BCUT2D eigenvalue weighted by atomic mass is 16.3. The molecule has 10 aromatic rings. The predicted octanol–water partition coefficient (Wildman–Crippen LogP) is 18.9. The van der Waals surface area contributed by atoms with E-state index in [1.807, 2.05) is 0 Å². The van der Waals surface area contributed by atoms with Gasteiger partial charge in [-0.15, -0.1) is 0 Å². The van der Waals surface area contributed by atoms with Crippen LogP contribution in [0.2, 0.25) is 0 Å². The lowest BCUT2D eigenvalue weighted by Gasteiger charge is -2.43. The van der Waals surface area contributed by atoms with Crippen molar-refractivity contribution in [3.05, 3.63) is 179 Å². The summed E-state index contributed by atoms with van der Waals surface area (Å²) in [6, 6.07) is 56.8. The zero-order valence-corrected chi connectivity index (χ0v) is 48.6. The second-order valence-electron chi connectivity index (χ2n) is 28.6. The van der Waals surface area contributed by atoms with Crippen LogP contribution in [0.3, 0.4) is 0 Å². The van der Waals surface area contributed by atoms with E-state index < -0.39 is 0 Å². The molecule has 13 rings (SSSR count). The van der Waals surface area contributed by atoms with Gasteiger partial charge in [-0.1, -0.05) is 184 Å². The number of aromatic nitrogens is 1. The maximum atomic E-state index is 7.38. The quantitative estimate of drug-likeness (QED) is 0.164. The summed E-state index contributed by atoms with van der Waals surface area (Å²) < 4.78 is 10.0. The molecule has 0 fully saturated rings. The molecule has 2 aliphatic heterocycles. The molecule has 0 bridgehead atoms. The Kier molecular flexibility index (Phi) is 10.5. The van der Waals surface area contributed by atoms with E-state index in [-0.39, 0.29) is 39.3 Å². The SMILES string of the molecule is CC(C)(C)c1ccc(N2B3c4cc(C(C)(C)C)ccc4-n4c5cc6c(cc5c5c7oc8ccccc8c7c(c3c54)-c3ccc(N(c4ccc(C(C)(C)C)cc4)c4ccc(C(C)(C)C)cc4)cc32)C(C)(C)CCC6(C)C)cc1. The number of rotatable bonds is 4. The molecule has 0 radical (unpaired) electrons. The van der Waals surface area contributed by atoms with Crippen molar-refractivity contribution in [2.24, 2.45) is 0 Å². The van der Waals surface area contributed by atoms with Gasteiger partial charge >= 0.3 is 6.85 Å². The first-order valence-electron chi connectivity index (χ1n) is 28.4. The average Bonchev–Trinajstić information content (AvgIpc) is 3.35. The molecule has 4 heterocycles. The Bertz CT molecular complexity index is 4000. The summed E-state index contributed by atoms with van der Waals surface area (Å²) in [5.74, 6) is 0. The van der Waals surface area contributed by atoms with E-state index >= 15 is 0 Å². The molecule has 0 N–H and O–H groups in total. The van der Waals surface area contributed by atoms with Gasteiger partial charge in [-0.25, -0.2) is 0 Å². The normalized spacial score (nSPS) is 15.8. The molecule has 5 heteroatoms. The highest BCUT2D eigenvalue weighted by Crippen LogP contribution is 2.55. The molecule has 3 aliphatic rings. The Morgan fingerprint density at radius 2 is 1.01 bits per heavy atom. The van der Waals surface area contributed by atoms with Crippen molar-refractivity contribution >= 4 is 90.0 Å². The molecule has 0 unspecified atom stereocenters. The fourth-order valence-electron chi connectivity index (χ4n) is 13.5. The number of hydrogen-bond acceptors (Lipinski definition) is 3. The summed E-state index contributed by atoms with van der Waals surface area (Å²) in [5, 5.41) is 4.84. The maximum Gasteiger partial charge on any atom is 0.333 e. The van der Waals surface area contributed by atoms with Crippen molar-refractivity contribution in [3.63, 3.8) is 0 Å². The summed E-state index contributed by atoms with van der Waals surface area (Å²) in [6.45, 7) is 37.5. The molecule has 0 saturated carbocycles. The number of hydrogen-bond donors (Lipinski definition) is 0. The van der Waals surface area contributed by atoms with Crippen molar-refractivity contribution in [3.8, 4) is 16.8 Å². The van der Waals surface area contributed by atoms with Crippen molar-refractivity contribution in [1.82, 2.24) is 4.57 Å². The molecule has 1 aliphatic carbocycles. The van der Waals surface area contributed by atoms with E-state index in [1.165, 1.54) is 99.7 Å². The van der Waals surface area contributed by atoms with Gasteiger partial charge in [0.2, 0.25) is 0 Å². The number of anilines is 5. The Hall–Kier alpha value is -6.98. The van der Waals surface area contributed by atoms with Crippen LogP contribution in [-0.4, -0.2) is 11.4 Å². The molecule has 0 spiro atoms. The number of furan rings is 1. The molecule has 8 aromatic carbocycles. The number of nitrogens with zero attached hydrogens (tertiary/aromatic N) is 3. The highest BCUT2D eigenvalue weighted by Gasteiger charge is 2.47. The molecule has 0 saturated heterocycles. The van der Waals surface area contributed by atoms with E-state index in [0.717, 1.165) is 46.5 Å². The van der Waals surface area contributed by atoms with Gasteiger partial charge in [-0.05, 0) is 168 Å².